The molecule has 1 aliphatic carbocycles. The second-order valence-electron chi connectivity index (χ2n) is 3.90. The van der Waals surface area contributed by atoms with Crippen molar-refractivity contribution in [3.05, 3.63) is 11.6 Å². The van der Waals surface area contributed by atoms with Gasteiger partial charge in [0.15, 0.2) is 5.78 Å². The molecule has 0 saturated heterocycles. The van der Waals surface area contributed by atoms with E-state index in [1.54, 1.807) is 0 Å². The molecule has 1 aliphatic rings. The Morgan fingerprint density at radius 3 is 2.50 bits per heavy atom. The Labute approximate surface area is 100 Å². The van der Waals surface area contributed by atoms with E-state index in [1.165, 1.54) is 36.5 Å². The summed E-state index contributed by atoms with van der Waals surface area (Å²) in [7, 11) is 0. The number of halogens is 1. The number of ketones is 1. The number of unbranched alkanes of at least 4 members (excludes halogenated alkanes) is 4. The quantitative estimate of drug-likeness (QED) is 0.394. The summed E-state index contributed by atoms with van der Waals surface area (Å²) in [5, 5.41) is 0. The summed E-state index contributed by atoms with van der Waals surface area (Å²) in [5.41, 5.74) is 1.11. The van der Waals surface area contributed by atoms with E-state index < -0.39 is 0 Å². The molecule has 1 nitrogen and oxygen atoms in total. The molecule has 1 rings (SSSR count). The third kappa shape index (κ3) is 4.58. The maximum absolute atomic E-state index is 11.3. The molecule has 0 atom stereocenters. The van der Waals surface area contributed by atoms with Crippen LogP contribution in [0.15, 0.2) is 11.6 Å². The zero-order valence-corrected chi connectivity index (χ0v) is 10.9. The van der Waals surface area contributed by atoms with Gasteiger partial charge in [0, 0.05) is 6.42 Å². The smallest absolute Gasteiger partial charge is 0.158 e. The predicted molar refractivity (Wildman–Crippen MR) is 68.9 cm³/mol. The van der Waals surface area contributed by atoms with E-state index in [9.17, 15) is 4.79 Å². The van der Waals surface area contributed by atoms with Crippen molar-refractivity contribution >= 4 is 28.4 Å². The lowest BCUT2D eigenvalue weighted by atomic mass is 10.0. The number of hydrogen-bond acceptors (Lipinski definition) is 1. The van der Waals surface area contributed by atoms with Gasteiger partial charge in [-0.1, -0.05) is 47.9 Å². The molecule has 0 spiro atoms. The first-order valence-electron chi connectivity index (χ1n) is 5.63. The highest BCUT2D eigenvalue weighted by atomic mass is 127. The van der Waals surface area contributed by atoms with Crippen LogP contribution in [-0.2, 0) is 4.79 Å². The molecule has 0 aromatic rings. The van der Waals surface area contributed by atoms with E-state index in [0.29, 0.717) is 5.78 Å². The summed E-state index contributed by atoms with van der Waals surface area (Å²) in [6, 6.07) is 0. The number of hydrogen-bond donors (Lipinski definition) is 0. The highest BCUT2D eigenvalue weighted by Crippen LogP contribution is 2.20. The van der Waals surface area contributed by atoms with Gasteiger partial charge in [0.25, 0.3) is 0 Å². The van der Waals surface area contributed by atoms with Gasteiger partial charge in [0.05, 0.1) is 0 Å². The summed E-state index contributed by atoms with van der Waals surface area (Å²) >= 11 is 2.43. The number of allylic oxidation sites excluding steroid dienone is 2. The van der Waals surface area contributed by atoms with E-state index in [1.807, 2.05) is 0 Å². The molecule has 0 N–H and O–H groups in total. The van der Waals surface area contributed by atoms with Gasteiger partial charge in [-0.3, -0.25) is 4.79 Å². The van der Waals surface area contributed by atoms with Crippen LogP contribution in [0.2, 0.25) is 0 Å². The molecular weight excluding hydrogens is 287 g/mol. The predicted octanol–water partition coefficient (Wildman–Crippen LogP) is 4.05. The Hall–Kier alpha value is 0.140. The zero-order chi connectivity index (χ0) is 10.2. The second kappa shape index (κ2) is 7.43. The molecule has 0 aromatic heterocycles. The van der Waals surface area contributed by atoms with Crippen LogP contribution in [0.25, 0.3) is 0 Å². The third-order valence-corrected chi connectivity index (χ3v) is 3.46. The minimum atomic E-state index is 0.400. The van der Waals surface area contributed by atoms with E-state index in [0.717, 1.165) is 24.8 Å². The van der Waals surface area contributed by atoms with E-state index in [-0.39, 0.29) is 0 Å². The largest absolute Gasteiger partial charge is 0.295 e. The van der Waals surface area contributed by atoms with Crippen LogP contribution < -0.4 is 0 Å². The third-order valence-electron chi connectivity index (χ3n) is 2.70. The average Bonchev–Trinajstić information content (AvgIpc) is 2.58. The number of carbonyl (C=O) groups is 1. The molecule has 0 heterocycles. The lowest BCUT2D eigenvalue weighted by molar-refractivity contribution is -0.115. The minimum Gasteiger partial charge on any atom is -0.295 e. The molecule has 0 amide bonds. The Bertz CT molecular complexity index is 208. The van der Waals surface area contributed by atoms with E-state index in [2.05, 4.69) is 28.7 Å². The van der Waals surface area contributed by atoms with E-state index >= 15 is 0 Å². The maximum Gasteiger partial charge on any atom is 0.158 e. The molecule has 0 saturated carbocycles. The van der Waals surface area contributed by atoms with Gasteiger partial charge in [-0.2, -0.15) is 0 Å². The fourth-order valence-electron chi connectivity index (χ4n) is 1.83. The lowest BCUT2D eigenvalue weighted by Crippen LogP contribution is -1.95. The summed E-state index contributed by atoms with van der Waals surface area (Å²) in [4.78, 5) is 11.3. The highest BCUT2D eigenvalue weighted by molar-refractivity contribution is 14.1. The zero-order valence-electron chi connectivity index (χ0n) is 8.73. The van der Waals surface area contributed by atoms with Gasteiger partial charge in [-0.15, -0.1) is 0 Å². The monoisotopic (exact) mass is 306 g/mol. The van der Waals surface area contributed by atoms with Crippen molar-refractivity contribution in [2.24, 2.45) is 0 Å². The first-order chi connectivity index (χ1) is 6.84. The van der Waals surface area contributed by atoms with Crippen LogP contribution in [0, 0.1) is 0 Å². The highest BCUT2D eigenvalue weighted by Gasteiger charge is 2.13. The van der Waals surface area contributed by atoms with Crippen molar-refractivity contribution in [2.75, 3.05) is 4.43 Å². The number of carbonyl (C=O) groups excluding carboxylic acids is 1. The summed E-state index contributed by atoms with van der Waals surface area (Å²) in [6.07, 6.45) is 11.5. The Morgan fingerprint density at radius 2 is 1.86 bits per heavy atom. The molecule has 0 aromatic carbocycles. The van der Waals surface area contributed by atoms with Crippen LogP contribution in [0.5, 0.6) is 0 Å². The van der Waals surface area contributed by atoms with Gasteiger partial charge < -0.3 is 0 Å². The fourth-order valence-corrected chi connectivity index (χ4v) is 2.37. The van der Waals surface area contributed by atoms with Crippen molar-refractivity contribution in [2.45, 2.75) is 51.4 Å². The molecule has 2 heteroatoms. The number of Topliss-reactive ketones (excluding diaryl/α,β-unsaturated/α-hetero) is 1. The fraction of sp³-hybridized carbons (Fsp3) is 0.750. The Kier molecular flexibility index (Phi) is 6.48. The molecule has 0 fully saturated rings. The number of alkyl halides is 1. The van der Waals surface area contributed by atoms with Crippen molar-refractivity contribution in [1.82, 2.24) is 0 Å². The van der Waals surface area contributed by atoms with Gasteiger partial charge in [0.2, 0.25) is 0 Å². The summed E-state index contributed by atoms with van der Waals surface area (Å²) in [5.74, 6) is 0.400. The van der Waals surface area contributed by atoms with Crippen LogP contribution in [0.4, 0.5) is 0 Å². The maximum atomic E-state index is 11.3. The van der Waals surface area contributed by atoms with Crippen molar-refractivity contribution in [1.29, 1.82) is 0 Å². The normalized spacial score (nSPS) is 16.1. The van der Waals surface area contributed by atoms with Crippen molar-refractivity contribution < 1.29 is 4.79 Å². The lowest BCUT2D eigenvalue weighted by Gasteiger charge is -2.01. The molecule has 80 valence electrons. The molecule has 0 unspecified atom stereocenters. The average molecular weight is 306 g/mol. The summed E-state index contributed by atoms with van der Waals surface area (Å²) in [6.45, 7) is 0. The SMILES string of the molecule is O=C1CCC=C1CCCCCCCI. The Balaban J connectivity index is 1.96. The molecular formula is C12H19IO. The summed E-state index contributed by atoms with van der Waals surface area (Å²) < 4.78 is 1.28. The van der Waals surface area contributed by atoms with Gasteiger partial charge in [-0.25, -0.2) is 0 Å². The van der Waals surface area contributed by atoms with Crippen LogP contribution in [0.3, 0.4) is 0 Å². The topological polar surface area (TPSA) is 17.1 Å². The number of rotatable bonds is 7. The minimum absolute atomic E-state index is 0.400. The van der Waals surface area contributed by atoms with Crippen LogP contribution in [-0.4, -0.2) is 10.2 Å². The van der Waals surface area contributed by atoms with Gasteiger partial charge in [-0.05, 0) is 35.7 Å². The molecule has 0 aliphatic heterocycles. The van der Waals surface area contributed by atoms with Crippen LogP contribution >= 0.6 is 22.6 Å². The Morgan fingerprint density at radius 1 is 1.14 bits per heavy atom. The van der Waals surface area contributed by atoms with E-state index in [4.69, 9.17) is 0 Å². The van der Waals surface area contributed by atoms with Gasteiger partial charge in [0.1, 0.15) is 0 Å². The first kappa shape index (κ1) is 12.2. The second-order valence-corrected chi connectivity index (χ2v) is 4.98. The molecule has 14 heavy (non-hydrogen) atoms. The van der Waals surface area contributed by atoms with Crippen LogP contribution in [0.1, 0.15) is 51.4 Å². The van der Waals surface area contributed by atoms with Crippen molar-refractivity contribution in [3.8, 4) is 0 Å². The standard InChI is InChI=1S/C12H19IO/c13-10-5-3-1-2-4-7-11-8-6-9-12(11)14/h8H,1-7,9-10H2. The molecule has 0 bridgehead atoms. The first-order valence-corrected chi connectivity index (χ1v) is 7.15. The van der Waals surface area contributed by atoms with Gasteiger partial charge >= 0.3 is 0 Å². The van der Waals surface area contributed by atoms with Crippen molar-refractivity contribution in [3.63, 3.8) is 0 Å². The molecule has 0 radical (unpaired) electrons.